The summed E-state index contributed by atoms with van der Waals surface area (Å²) in [6.45, 7) is 0.441. The highest BCUT2D eigenvalue weighted by Crippen LogP contribution is 2.37. The number of carbonyl (C=O) groups excluding carboxylic acids is 1. The Morgan fingerprint density at radius 1 is 1.28 bits per heavy atom. The predicted octanol–water partition coefficient (Wildman–Crippen LogP) is 3.63. The van der Waals surface area contributed by atoms with Crippen LogP contribution >= 0.6 is 11.6 Å². The highest BCUT2D eigenvalue weighted by atomic mass is 35.5. The van der Waals surface area contributed by atoms with Crippen molar-refractivity contribution < 1.29 is 14.3 Å². The van der Waals surface area contributed by atoms with Gasteiger partial charge in [-0.25, -0.2) is 0 Å². The van der Waals surface area contributed by atoms with Gasteiger partial charge in [-0.3, -0.25) is 4.79 Å². The quantitative estimate of drug-likeness (QED) is 0.820. The van der Waals surface area contributed by atoms with E-state index in [-0.39, 0.29) is 11.9 Å². The molecule has 1 aromatic carbocycles. The lowest BCUT2D eigenvalue weighted by molar-refractivity contribution is 0.0933. The maximum atomic E-state index is 11.7. The smallest absolute Gasteiger partial charge is 0.170 e. The number of rotatable bonds is 2. The number of fused-ring (bicyclic) bond motifs is 1. The molecule has 1 aromatic rings. The molecule has 2 aliphatic rings. The van der Waals surface area contributed by atoms with Crippen molar-refractivity contribution in [3.8, 4) is 11.5 Å². The molecule has 0 amide bonds. The molecule has 96 valence electrons. The van der Waals surface area contributed by atoms with Crippen LogP contribution in [0.3, 0.4) is 0 Å². The Morgan fingerprint density at radius 3 is 2.83 bits per heavy atom. The Hall–Kier alpha value is -1.22. The van der Waals surface area contributed by atoms with Gasteiger partial charge in [0.15, 0.2) is 5.78 Å². The first-order valence-electron chi connectivity index (χ1n) is 6.40. The van der Waals surface area contributed by atoms with Gasteiger partial charge in [-0.1, -0.05) is 11.6 Å². The van der Waals surface area contributed by atoms with Crippen molar-refractivity contribution in [2.24, 2.45) is 0 Å². The largest absolute Gasteiger partial charge is 0.492 e. The molecule has 0 atom stereocenters. The van der Waals surface area contributed by atoms with Gasteiger partial charge in [0.1, 0.15) is 11.5 Å². The third-order valence-corrected chi connectivity index (χ3v) is 3.81. The van der Waals surface area contributed by atoms with Crippen LogP contribution in [0.15, 0.2) is 12.1 Å². The summed E-state index contributed by atoms with van der Waals surface area (Å²) in [7, 11) is 0. The molecule has 0 saturated heterocycles. The van der Waals surface area contributed by atoms with E-state index in [1.807, 2.05) is 0 Å². The second-order valence-electron chi connectivity index (χ2n) is 4.82. The SMILES string of the molecule is O=C1CCOc2cc(OC3CCCC3)c(Cl)cc21. The van der Waals surface area contributed by atoms with Gasteiger partial charge in [-0.15, -0.1) is 0 Å². The normalized spacial score (nSPS) is 19.5. The number of hydrogen-bond acceptors (Lipinski definition) is 3. The monoisotopic (exact) mass is 266 g/mol. The molecule has 0 bridgehead atoms. The Labute approximate surface area is 111 Å². The van der Waals surface area contributed by atoms with E-state index >= 15 is 0 Å². The lowest BCUT2D eigenvalue weighted by Crippen LogP contribution is -2.16. The Balaban J connectivity index is 1.88. The molecule has 0 unspecified atom stereocenters. The van der Waals surface area contributed by atoms with Crippen LogP contribution in [-0.2, 0) is 0 Å². The van der Waals surface area contributed by atoms with Crippen LogP contribution in [0.25, 0.3) is 0 Å². The summed E-state index contributed by atoms with van der Waals surface area (Å²) in [5.74, 6) is 1.33. The summed E-state index contributed by atoms with van der Waals surface area (Å²) in [6, 6.07) is 3.43. The molecule has 0 radical (unpaired) electrons. The van der Waals surface area contributed by atoms with Crippen molar-refractivity contribution in [1.29, 1.82) is 0 Å². The molecule has 1 aliphatic carbocycles. The minimum Gasteiger partial charge on any atom is -0.492 e. The van der Waals surface area contributed by atoms with Crippen LogP contribution in [0.1, 0.15) is 42.5 Å². The fraction of sp³-hybridized carbons (Fsp3) is 0.500. The first-order chi connectivity index (χ1) is 8.74. The second-order valence-corrected chi connectivity index (χ2v) is 5.23. The van der Waals surface area contributed by atoms with Crippen LogP contribution in [0.5, 0.6) is 11.5 Å². The van der Waals surface area contributed by atoms with Gasteiger partial charge in [-0.05, 0) is 31.7 Å². The topological polar surface area (TPSA) is 35.5 Å². The number of halogens is 1. The summed E-state index contributed by atoms with van der Waals surface area (Å²) >= 11 is 6.17. The molecule has 0 spiro atoms. The summed E-state index contributed by atoms with van der Waals surface area (Å²) in [6.07, 6.45) is 5.25. The third-order valence-electron chi connectivity index (χ3n) is 3.52. The molecule has 3 nitrogen and oxygen atoms in total. The Kier molecular flexibility index (Phi) is 3.16. The number of Topliss-reactive ketones (excluding diaryl/α,β-unsaturated/α-hetero) is 1. The van der Waals surface area contributed by atoms with E-state index in [2.05, 4.69) is 0 Å². The Bertz CT molecular complexity index is 478. The van der Waals surface area contributed by atoms with E-state index in [0.29, 0.717) is 35.1 Å². The first kappa shape index (κ1) is 11.8. The molecule has 1 aliphatic heterocycles. The highest BCUT2D eigenvalue weighted by molar-refractivity contribution is 6.32. The average molecular weight is 267 g/mol. The van der Waals surface area contributed by atoms with Gasteiger partial charge in [0.2, 0.25) is 0 Å². The molecule has 18 heavy (non-hydrogen) atoms. The first-order valence-corrected chi connectivity index (χ1v) is 6.78. The standard InChI is InChI=1S/C14H15ClO3/c15-11-7-10-12(16)5-6-17-13(10)8-14(11)18-9-3-1-2-4-9/h7-9H,1-6H2. The molecular formula is C14H15ClO3. The third kappa shape index (κ3) is 2.19. The van der Waals surface area contributed by atoms with Gasteiger partial charge >= 0.3 is 0 Å². The molecule has 1 fully saturated rings. The molecule has 0 aromatic heterocycles. The van der Waals surface area contributed by atoms with E-state index in [1.54, 1.807) is 12.1 Å². The zero-order chi connectivity index (χ0) is 12.5. The number of ketones is 1. The minimum atomic E-state index is 0.0885. The van der Waals surface area contributed by atoms with Gasteiger partial charge in [0.25, 0.3) is 0 Å². The van der Waals surface area contributed by atoms with Crippen LogP contribution < -0.4 is 9.47 Å². The highest BCUT2D eigenvalue weighted by Gasteiger charge is 2.23. The molecule has 1 saturated carbocycles. The summed E-state index contributed by atoms with van der Waals surface area (Å²) in [4.78, 5) is 11.7. The minimum absolute atomic E-state index is 0.0885. The fourth-order valence-corrected chi connectivity index (χ4v) is 2.74. The van der Waals surface area contributed by atoms with E-state index < -0.39 is 0 Å². The lowest BCUT2D eigenvalue weighted by Gasteiger charge is -2.20. The van der Waals surface area contributed by atoms with Gasteiger partial charge in [0, 0.05) is 12.5 Å². The second kappa shape index (κ2) is 4.81. The van der Waals surface area contributed by atoms with Crippen molar-refractivity contribution in [2.75, 3.05) is 6.61 Å². The van der Waals surface area contributed by atoms with Crippen LogP contribution in [0.2, 0.25) is 5.02 Å². The number of carbonyl (C=O) groups is 1. The number of hydrogen-bond donors (Lipinski definition) is 0. The lowest BCUT2D eigenvalue weighted by atomic mass is 10.0. The number of benzene rings is 1. The fourth-order valence-electron chi connectivity index (χ4n) is 2.54. The van der Waals surface area contributed by atoms with Crippen molar-refractivity contribution in [1.82, 2.24) is 0 Å². The van der Waals surface area contributed by atoms with Gasteiger partial charge < -0.3 is 9.47 Å². The number of ether oxygens (including phenoxy) is 2. The molecular weight excluding hydrogens is 252 g/mol. The van der Waals surface area contributed by atoms with Crippen LogP contribution in [0, 0.1) is 0 Å². The predicted molar refractivity (Wildman–Crippen MR) is 68.8 cm³/mol. The van der Waals surface area contributed by atoms with Crippen LogP contribution in [-0.4, -0.2) is 18.5 Å². The van der Waals surface area contributed by atoms with Crippen molar-refractivity contribution in [3.63, 3.8) is 0 Å². The van der Waals surface area contributed by atoms with E-state index in [9.17, 15) is 4.79 Å². The summed E-state index contributed by atoms with van der Waals surface area (Å²) in [5.41, 5.74) is 0.574. The van der Waals surface area contributed by atoms with Crippen molar-refractivity contribution in [3.05, 3.63) is 22.7 Å². The average Bonchev–Trinajstić information content (AvgIpc) is 2.84. The molecule has 3 rings (SSSR count). The zero-order valence-corrected chi connectivity index (χ0v) is 10.8. The van der Waals surface area contributed by atoms with E-state index in [1.165, 1.54) is 12.8 Å². The van der Waals surface area contributed by atoms with E-state index in [0.717, 1.165) is 12.8 Å². The molecule has 4 heteroatoms. The van der Waals surface area contributed by atoms with E-state index in [4.69, 9.17) is 21.1 Å². The summed E-state index contributed by atoms with van der Waals surface area (Å²) < 4.78 is 11.4. The molecule has 0 N–H and O–H groups in total. The van der Waals surface area contributed by atoms with Crippen molar-refractivity contribution >= 4 is 17.4 Å². The van der Waals surface area contributed by atoms with Gasteiger partial charge in [-0.2, -0.15) is 0 Å². The Morgan fingerprint density at radius 2 is 2.06 bits per heavy atom. The van der Waals surface area contributed by atoms with Gasteiger partial charge in [0.05, 0.1) is 23.3 Å². The summed E-state index contributed by atoms with van der Waals surface area (Å²) in [5, 5.41) is 0.500. The van der Waals surface area contributed by atoms with Crippen molar-refractivity contribution in [2.45, 2.75) is 38.2 Å². The zero-order valence-electron chi connectivity index (χ0n) is 10.1. The maximum absolute atomic E-state index is 11.7. The van der Waals surface area contributed by atoms with Crippen LogP contribution in [0.4, 0.5) is 0 Å². The maximum Gasteiger partial charge on any atom is 0.170 e. The molecule has 1 heterocycles.